The fourth-order valence-electron chi connectivity index (χ4n) is 3.35. The van der Waals surface area contributed by atoms with Gasteiger partial charge in [0.25, 0.3) is 0 Å². The minimum absolute atomic E-state index is 0. The number of allylic oxidation sites excluding steroid dienone is 1. The summed E-state index contributed by atoms with van der Waals surface area (Å²) in [6.07, 6.45) is 0.968. The fourth-order valence-corrected chi connectivity index (χ4v) is 3.35. The first-order valence-electron chi connectivity index (χ1n) is 9.91. The molecule has 0 aliphatic heterocycles. The second-order valence-corrected chi connectivity index (χ2v) is 7.12. The first-order valence-corrected chi connectivity index (χ1v) is 9.91. The van der Waals surface area contributed by atoms with Crippen molar-refractivity contribution < 1.29 is 4.74 Å². The molecule has 0 saturated carbocycles. The first kappa shape index (κ1) is 22.4. The molecule has 3 heteroatoms. The van der Waals surface area contributed by atoms with Crippen molar-refractivity contribution in [1.82, 2.24) is 11.1 Å². The highest BCUT2D eigenvalue weighted by Gasteiger charge is 2.12. The molecule has 0 aliphatic carbocycles. The van der Waals surface area contributed by atoms with Crippen LogP contribution in [0.4, 0.5) is 0 Å². The summed E-state index contributed by atoms with van der Waals surface area (Å²) in [5.74, 6) is 0.913. The van der Waals surface area contributed by atoms with Crippen LogP contribution in [0.1, 0.15) is 30.0 Å². The molecule has 0 fully saturated rings. The Morgan fingerprint density at radius 1 is 0.724 bits per heavy atom. The lowest BCUT2D eigenvalue weighted by molar-refractivity contribution is 0.261. The molecule has 0 aromatic heterocycles. The molecule has 3 aromatic rings. The van der Waals surface area contributed by atoms with Crippen molar-refractivity contribution in [3.8, 4) is 5.75 Å². The van der Waals surface area contributed by atoms with Gasteiger partial charge in [-0.1, -0.05) is 79.7 Å². The van der Waals surface area contributed by atoms with Crippen molar-refractivity contribution in [2.24, 2.45) is 0 Å². The van der Waals surface area contributed by atoms with Crippen LogP contribution in [0.25, 0.3) is 11.1 Å². The van der Waals surface area contributed by atoms with E-state index in [0.717, 1.165) is 18.7 Å². The molecule has 3 N–H and O–H groups in total. The SMILES string of the molecule is CC/C(=C(\c1ccccc1)c1ccc(OCCN(C)C)cc1)c1ccccc1.N. The number of benzene rings is 3. The summed E-state index contributed by atoms with van der Waals surface area (Å²) in [5, 5.41) is 0. The summed E-state index contributed by atoms with van der Waals surface area (Å²) in [6.45, 7) is 3.83. The van der Waals surface area contributed by atoms with Crippen LogP contribution in [0.15, 0.2) is 84.9 Å². The van der Waals surface area contributed by atoms with Gasteiger partial charge in [0, 0.05) is 6.54 Å². The molecule has 29 heavy (non-hydrogen) atoms. The van der Waals surface area contributed by atoms with Gasteiger partial charge in [0.1, 0.15) is 12.4 Å². The van der Waals surface area contributed by atoms with Crippen molar-refractivity contribution in [3.05, 3.63) is 102 Å². The summed E-state index contributed by atoms with van der Waals surface area (Å²) in [6, 6.07) is 29.8. The molecule has 0 atom stereocenters. The van der Waals surface area contributed by atoms with E-state index in [4.69, 9.17) is 4.74 Å². The summed E-state index contributed by atoms with van der Waals surface area (Å²) >= 11 is 0. The Morgan fingerprint density at radius 3 is 1.76 bits per heavy atom. The molecule has 0 aliphatic rings. The largest absolute Gasteiger partial charge is 0.492 e. The maximum atomic E-state index is 5.87. The van der Waals surface area contributed by atoms with E-state index in [1.165, 1.54) is 27.8 Å². The third-order valence-corrected chi connectivity index (χ3v) is 4.79. The van der Waals surface area contributed by atoms with Crippen LogP contribution in [0.5, 0.6) is 5.75 Å². The summed E-state index contributed by atoms with van der Waals surface area (Å²) in [7, 11) is 4.11. The van der Waals surface area contributed by atoms with Crippen molar-refractivity contribution in [2.45, 2.75) is 13.3 Å². The van der Waals surface area contributed by atoms with Crippen molar-refractivity contribution in [2.75, 3.05) is 27.2 Å². The topological polar surface area (TPSA) is 47.5 Å². The average molecular weight is 389 g/mol. The van der Waals surface area contributed by atoms with Crippen LogP contribution in [-0.2, 0) is 0 Å². The second-order valence-electron chi connectivity index (χ2n) is 7.12. The third kappa shape index (κ3) is 6.05. The van der Waals surface area contributed by atoms with Crippen LogP contribution in [0.3, 0.4) is 0 Å². The van der Waals surface area contributed by atoms with E-state index in [0.29, 0.717) is 6.61 Å². The molecule has 0 saturated heterocycles. The maximum absolute atomic E-state index is 5.87. The Hall–Kier alpha value is -2.88. The summed E-state index contributed by atoms with van der Waals surface area (Å²) in [5.41, 5.74) is 6.37. The van der Waals surface area contributed by atoms with E-state index in [1.54, 1.807) is 0 Å². The zero-order valence-corrected chi connectivity index (χ0v) is 17.8. The van der Waals surface area contributed by atoms with Gasteiger partial charge >= 0.3 is 0 Å². The van der Waals surface area contributed by atoms with Gasteiger partial charge in [-0.2, -0.15) is 0 Å². The van der Waals surface area contributed by atoms with Gasteiger partial charge in [-0.05, 0) is 60.5 Å². The Bertz CT molecular complexity index is 885. The Labute approximate surface area is 175 Å². The monoisotopic (exact) mass is 388 g/mol. The van der Waals surface area contributed by atoms with E-state index in [1.807, 2.05) is 0 Å². The fraction of sp³-hybridized carbons (Fsp3) is 0.231. The summed E-state index contributed by atoms with van der Waals surface area (Å²) < 4.78 is 5.87. The molecule has 0 heterocycles. The standard InChI is InChI=1S/C26H29NO.H3N/c1-4-25(21-11-7-5-8-12-21)26(22-13-9-6-10-14-22)23-15-17-24(18-16-23)28-20-19-27(2)3;/h5-18H,4,19-20H2,1-3H3;1H3/b26-25-;. The lowest BCUT2D eigenvalue weighted by Crippen LogP contribution is -2.19. The molecule has 0 unspecified atom stereocenters. The summed E-state index contributed by atoms with van der Waals surface area (Å²) in [4.78, 5) is 2.12. The minimum Gasteiger partial charge on any atom is -0.492 e. The van der Waals surface area contributed by atoms with E-state index < -0.39 is 0 Å². The predicted molar refractivity (Wildman–Crippen MR) is 125 cm³/mol. The van der Waals surface area contributed by atoms with Gasteiger partial charge < -0.3 is 15.8 Å². The van der Waals surface area contributed by atoms with Gasteiger partial charge in [0.15, 0.2) is 0 Å². The lowest BCUT2D eigenvalue weighted by atomic mass is 9.88. The smallest absolute Gasteiger partial charge is 0.119 e. The Kier molecular flexibility index (Phi) is 8.66. The van der Waals surface area contributed by atoms with Crippen LogP contribution in [0, 0.1) is 0 Å². The number of ether oxygens (including phenoxy) is 1. The van der Waals surface area contributed by atoms with Crippen LogP contribution in [-0.4, -0.2) is 32.1 Å². The van der Waals surface area contributed by atoms with Crippen molar-refractivity contribution >= 4 is 11.1 Å². The molecule has 0 bridgehead atoms. The van der Waals surface area contributed by atoms with E-state index in [-0.39, 0.29) is 6.15 Å². The van der Waals surface area contributed by atoms with Crippen LogP contribution < -0.4 is 10.9 Å². The second kappa shape index (κ2) is 11.2. The average Bonchev–Trinajstić information content (AvgIpc) is 2.73. The maximum Gasteiger partial charge on any atom is 0.119 e. The Balaban J connectivity index is 0.00000300. The zero-order valence-electron chi connectivity index (χ0n) is 17.8. The van der Waals surface area contributed by atoms with E-state index in [2.05, 4.69) is 111 Å². The third-order valence-electron chi connectivity index (χ3n) is 4.79. The number of hydrogen-bond donors (Lipinski definition) is 1. The molecular formula is C26H32N2O. The quantitative estimate of drug-likeness (QED) is 0.470. The van der Waals surface area contributed by atoms with Crippen LogP contribution >= 0.6 is 0 Å². The highest BCUT2D eigenvalue weighted by atomic mass is 16.5. The molecule has 152 valence electrons. The van der Waals surface area contributed by atoms with Gasteiger partial charge in [-0.3, -0.25) is 0 Å². The number of rotatable bonds is 8. The molecule has 0 amide bonds. The first-order chi connectivity index (χ1) is 13.7. The van der Waals surface area contributed by atoms with Gasteiger partial charge in [0.05, 0.1) is 0 Å². The molecule has 3 rings (SSSR count). The molecule has 3 nitrogen and oxygen atoms in total. The van der Waals surface area contributed by atoms with Gasteiger partial charge in [-0.25, -0.2) is 0 Å². The molecular weight excluding hydrogens is 356 g/mol. The highest BCUT2D eigenvalue weighted by molar-refractivity contribution is 5.98. The van der Waals surface area contributed by atoms with E-state index >= 15 is 0 Å². The lowest BCUT2D eigenvalue weighted by Gasteiger charge is -2.17. The predicted octanol–water partition coefficient (Wildman–Crippen LogP) is 6.16. The number of nitrogens with zero attached hydrogens (tertiary/aromatic N) is 1. The normalized spacial score (nSPS) is 11.6. The highest BCUT2D eigenvalue weighted by Crippen LogP contribution is 2.34. The van der Waals surface area contributed by atoms with Crippen molar-refractivity contribution in [1.29, 1.82) is 0 Å². The molecule has 0 spiro atoms. The van der Waals surface area contributed by atoms with Crippen LogP contribution in [0.2, 0.25) is 0 Å². The van der Waals surface area contributed by atoms with Gasteiger partial charge in [-0.15, -0.1) is 0 Å². The van der Waals surface area contributed by atoms with E-state index in [9.17, 15) is 0 Å². The van der Waals surface area contributed by atoms with Crippen molar-refractivity contribution in [3.63, 3.8) is 0 Å². The number of hydrogen-bond acceptors (Lipinski definition) is 3. The van der Waals surface area contributed by atoms with Gasteiger partial charge in [0.2, 0.25) is 0 Å². The molecule has 0 radical (unpaired) electrons. The number of likely N-dealkylation sites (N-methyl/N-ethyl adjacent to an activating group) is 1. The Morgan fingerprint density at radius 2 is 1.24 bits per heavy atom. The molecule has 3 aromatic carbocycles. The minimum atomic E-state index is 0. The zero-order chi connectivity index (χ0) is 19.8.